The fourth-order valence-electron chi connectivity index (χ4n) is 1.79. The number of aliphatic carboxylic acids is 1. The van der Waals surface area contributed by atoms with E-state index in [1.54, 1.807) is 25.3 Å². The highest BCUT2D eigenvalue weighted by atomic mass is 32.1. The zero-order valence-corrected chi connectivity index (χ0v) is 13.0. The van der Waals surface area contributed by atoms with Crippen molar-refractivity contribution in [3.8, 4) is 0 Å². The quantitative estimate of drug-likeness (QED) is 0.806. The van der Waals surface area contributed by atoms with Crippen LogP contribution in [0, 0.1) is 5.92 Å². The first-order valence-corrected chi connectivity index (χ1v) is 7.55. The second-order valence-electron chi connectivity index (χ2n) is 5.01. The van der Waals surface area contributed by atoms with Crippen molar-refractivity contribution < 1.29 is 19.5 Å². The third kappa shape index (κ3) is 6.89. The highest BCUT2D eigenvalue weighted by Crippen LogP contribution is 2.10. The van der Waals surface area contributed by atoms with Gasteiger partial charge in [-0.05, 0) is 23.8 Å². The number of hydrogen-bond acceptors (Lipinski definition) is 4. The smallest absolute Gasteiger partial charge is 0.323 e. The first-order chi connectivity index (χ1) is 9.88. The molecule has 0 saturated carbocycles. The molecule has 116 valence electrons. The van der Waals surface area contributed by atoms with Crippen molar-refractivity contribution in [3.63, 3.8) is 0 Å². The molecule has 0 saturated heterocycles. The molecule has 3 amide bonds. The Morgan fingerprint density at radius 2 is 2.10 bits per heavy atom. The van der Waals surface area contributed by atoms with Crippen molar-refractivity contribution in [2.75, 3.05) is 13.6 Å². The van der Waals surface area contributed by atoms with Crippen LogP contribution in [0.25, 0.3) is 0 Å². The van der Waals surface area contributed by atoms with Crippen molar-refractivity contribution in [2.45, 2.75) is 26.2 Å². The van der Waals surface area contributed by atoms with Gasteiger partial charge < -0.3 is 10.0 Å². The summed E-state index contributed by atoms with van der Waals surface area (Å²) in [6, 6.07) is 3.49. The molecule has 1 aromatic rings. The van der Waals surface area contributed by atoms with Crippen LogP contribution >= 0.6 is 11.3 Å². The van der Waals surface area contributed by atoms with Crippen LogP contribution in [0.4, 0.5) is 4.79 Å². The summed E-state index contributed by atoms with van der Waals surface area (Å²) < 4.78 is 0. The van der Waals surface area contributed by atoms with Gasteiger partial charge in [-0.15, -0.1) is 11.3 Å². The average Bonchev–Trinajstić information content (AvgIpc) is 2.87. The maximum Gasteiger partial charge on any atom is 0.323 e. The normalized spacial score (nSPS) is 11.7. The molecule has 0 spiro atoms. The number of thiophene rings is 1. The SMILES string of the molecule is CC(CC(=O)O)CC(=O)NC(=O)N(C)CCc1cccs1. The summed E-state index contributed by atoms with van der Waals surface area (Å²) in [6.07, 6.45) is 0.678. The van der Waals surface area contributed by atoms with Gasteiger partial charge in [0.2, 0.25) is 5.91 Å². The maximum absolute atomic E-state index is 11.8. The first kappa shape index (κ1) is 17.2. The van der Waals surface area contributed by atoms with E-state index >= 15 is 0 Å². The van der Waals surface area contributed by atoms with Gasteiger partial charge in [0.15, 0.2) is 0 Å². The molecule has 1 heterocycles. The molecule has 1 aromatic heterocycles. The molecular weight excluding hydrogens is 292 g/mol. The van der Waals surface area contributed by atoms with Gasteiger partial charge in [-0.25, -0.2) is 4.79 Å². The number of hydrogen-bond donors (Lipinski definition) is 2. The second kappa shape index (κ2) is 8.41. The molecule has 21 heavy (non-hydrogen) atoms. The van der Waals surface area contributed by atoms with Crippen molar-refractivity contribution in [1.82, 2.24) is 10.2 Å². The molecule has 7 heteroatoms. The Labute approximate surface area is 127 Å². The molecule has 1 atom stereocenters. The number of nitrogens with one attached hydrogen (secondary N) is 1. The summed E-state index contributed by atoms with van der Waals surface area (Å²) in [4.78, 5) is 36.6. The third-order valence-corrected chi connectivity index (χ3v) is 3.86. The number of carboxylic acids is 1. The number of nitrogens with zero attached hydrogens (tertiary/aromatic N) is 1. The Kier molecular flexibility index (Phi) is 6.87. The lowest BCUT2D eigenvalue weighted by Gasteiger charge is -2.17. The molecule has 0 aromatic carbocycles. The van der Waals surface area contributed by atoms with Crippen LogP contribution in [0.3, 0.4) is 0 Å². The van der Waals surface area contributed by atoms with E-state index in [1.165, 1.54) is 9.78 Å². The van der Waals surface area contributed by atoms with Crippen LogP contribution in [0.15, 0.2) is 17.5 Å². The van der Waals surface area contributed by atoms with Gasteiger partial charge in [0.1, 0.15) is 0 Å². The molecule has 0 aliphatic heterocycles. The van der Waals surface area contributed by atoms with Crippen LogP contribution in [0.5, 0.6) is 0 Å². The second-order valence-corrected chi connectivity index (χ2v) is 6.04. The molecule has 2 N–H and O–H groups in total. The van der Waals surface area contributed by atoms with E-state index in [0.717, 1.165) is 6.42 Å². The monoisotopic (exact) mass is 312 g/mol. The predicted molar refractivity (Wildman–Crippen MR) is 80.2 cm³/mol. The number of imide groups is 1. The molecule has 6 nitrogen and oxygen atoms in total. The molecular formula is C14H20N2O4S. The van der Waals surface area contributed by atoms with Crippen LogP contribution < -0.4 is 5.32 Å². The van der Waals surface area contributed by atoms with Gasteiger partial charge in [-0.2, -0.15) is 0 Å². The van der Waals surface area contributed by atoms with Crippen LogP contribution in [-0.4, -0.2) is 41.5 Å². The minimum absolute atomic E-state index is 0.0246. The van der Waals surface area contributed by atoms with Crippen molar-refractivity contribution >= 4 is 29.2 Å². The Morgan fingerprint density at radius 1 is 1.38 bits per heavy atom. The lowest BCUT2D eigenvalue weighted by atomic mass is 10.0. The van der Waals surface area contributed by atoms with Gasteiger partial charge in [0.25, 0.3) is 0 Å². The summed E-state index contributed by atoms with van der Waals surface area (Å²) in [5.41, 5.74) is 0. The molecule has 0 radical (unpaired) electrons. The number of amides is 3. The molecule has 0 fully saturated rings. The Morgan fingerprint density at radius 3 is 2.67 bits per heavy atom. The van der Waals surface area contributed by atoms with E-state index < -0.39 is 17.9 Å². The highest BCUT2D eigenvalue weighted by molar-refractivity contribution is 7.09. The molecule has 0 aliphatic rings. The van der Waals surface area contributed by atoms with Gasteiger partial charge in [-0.1, -0.05) is 13.0 Å². The van der Waals surface area contributed by atoms with Gasteiger partial charge in [0.05, 0.1) is 0 Å². The van der Waals surface area contributed by atoms with Gasteiger partial charge >= 0.3 is 12.0 Å². The minimum atomic E-state index is -0.949. The summed E-state index contributed by atoms with van der Waals surface area (Å²) in [6.45, 7) is 2.18. The van der Waals surface area contributed by atoms with E-state index in [2.05, 4.69) is 5.32 Å². The Hall–Kier alpha value is -1.89. The largest absolute Gasteiger partial charge is 0.481 e. The van der Waals surface area contributed by atoms with E-state index in [0.29, 0.717) is 6.54 Å². The van der Waals surface area contributed by atoms with Gasteiger partial charge in [-0.3, -0.25) is 14.9 Å². The fourth-order valence-corrected chi connectivity index (χ4v) is 2.48. The van der Waals surface area contributed by atoms with Crippen LogP contribution in [0.1, 0.15) is 24.6 Å². The van der Waals surface area contributed by atoms with Crippen molar-refractivity contribution in [1.29, 1.82) is 0 Å². The summed E-state index contributed by atoms with van der Waals surface area (Å²) in [7, 11) is 1.62. The number of likely N-dealkylation sites (N-methyl/N-ethyl adjacent to an activating group) is 1. The molecule has 0 bridgehead atoms. The fraction of sp³-hybridized carbons (Fsp3) is 0.500. The molecule has 1 unspecified atom stereocenters. The number of rotatable bonds is 7. The number of urea groups is 1. The molecule has 0 aliphatic carbocycles. The minimum Gasteiger partial charge on any atom is -0.481 e. The van der Waals surface area contributed by atoms with Crippen LogP contribution in [-0.2, 0) is 16.0 Å². The molecule has 1 rings (SSSR count). The standard InChI is InChI=1S/C14H20N2O4S/c1-10(9-13(18)19)8-12(17)15-14(20)16(2)6-5-11-4-3-7-21-11/h3-4,7,10H,5-6,8-9H2,1-2H3,(H,18,19)(H,15,17,20). The van der Waals surface area contributed by atoms with Gasteiger partial charge in [0, 0.05) is 31.3 Å². The highest BCUT2D eigenvalue weighted by Gasteiger charge is 2.16. The summed E-state index contributed by atoms with van der Waals surface area (Å²) in [5.74, 6) is -1.70. The summed E-state index contributed by atoms with van der Waals surface area (Å²) in [5, 5.41) is 12.9. The summed E-state index contributed by atoms with van der Waals surface area (Å²) >= 11 is 1.62. The Balaban J connectivity index is 2.30. The van der Waals surface area contributed by atoms with E-state index in [1.807, 2.05) is 17.5 Å². The van der Waals surface area contributed by atoms with Crippen molar-refractivity contribution in [2.24, 2.45) is 5.92 Å². The average molecular weight is 312 g/mol. The first-order valence-electron chi connectivity index (χ1n) is 6.67. The zero-order chi connectivity index (χ0) is 15.8. The number of carboxylic acid groups (broad SMARTS) is 1. The zero-order valence-electron chi connectivity index (χ0n) is 12.2. The third-order valence-electron chi connectivity index (χ3n) is 2.92. The van der Waals surface area contributed by atoms with Crippen molar-refractivity contribution in [3.05, 3.63) is 22.4 Å². The lowest BCUT2D eigenvalue weighted by molar-refractivity contribution is -0.138. The number of carbonyl (C=O) groups excluding carboxylic acids is 2. The maximum atomic E-state index is 11.8. The van der Waals surface area contributed by atoms with Crippen LogP contribution in [0.2, 0.25) is 0 Å². The number of carbonyl (C=O) groups is 3. The Bertz CT molecular complexity index is 487. The van der Waals surface area contributed by atoms with E-state index in [9.17, 15) is 14.4 Å². The topological polar surface area (TPSA) is 86.7 Å². The predicted octanol–water partition coefficient (Wildman–Crippen LogP) is 1.96. The van der Waals surface area contributed by atoms with E-state index in [4.69, 9.17) is 5.11 Å². The lowest BCUT2D eigenvalue weighted by Crippen LogP contribution is -2.42. The van der Waals surface area contributed by atoms with E-state index in [-0.39, 0.29) is 18.8 Å².